The van der Waals surface area contributed by atoms with E-state index in [-0.39, 0.29) is 11.6 Å². The Morgan fingerprint density at radius 1 is 0.897 bits per heavy atom. The van der Waals surface area contributed by atoms with E-state index in [1.54, 1.807) is 18.3 Å². The molecule has 4 aromatic rings. The van der Waals surface area contributed by atoms with Crippen LogP contribution in [-0.4, -0.2) is 32.4 Å². The molecule has 0 atom stereocenters. The highest BCUT2D eigenvalue weighted by Gasteiger charge is 2.08. The lowest BCUT2D eigenvalue weighted by atomic mass is 10.1. The van der Waals surface area contributed by atoms with Crippen LogP contribution in [0.15, 0.2) is 85.2 Å². The maximum absolute atomic E-state index is 12.2. The van der Waals surface area contributed by atoms with Crippen molar-refractivity contribution in [2.75, 3.05) is 17.2 Å². The molecule has 0 unspecified atom stereocenters. The first-order chi connectivity index (χ1) is 14.3. The lowest BCUT2D eigenvalue weighted by molar-refractivity contribution is 0.102. The van der Waals surface area contributed by atoms with Gasteiger partial charge in [0.1, 0.15) is 5.82 Å². The maximum Gasteiger partial charge on any atom is 0.276 e. The Bertz CT molecular complexity index is 1040. The van der Waals surface area contributed by atoms with Crippen LogP contribution in [-0.2, 0) is 6.42 Å². The molecule has 0 aliphatic carbocycles. The zero-order chi connectivity index (χ0) is 19.9. The summed E-state index contributed by atoms with van der Waals surface area (Å²) in [6.07, 6.45) is 4.52. The Balaban J connectivity index is 1.27. The Kier molecular flexibility index (Phi) is 5.57. The standard InChI is InChI=1S/C22H20N6O/c29-22(25-18-5-2-1-3-6-18)20-11-12-21(27-26-20)23-15-13-17-7-9-19(10-8-17)28-16-4-14-24-28/h1-12,14,16H,13,15H2,(H,23,27)(H,25,29). The van der Waals surface area contributed by atoms with Gasteiger partial charge in [-0.25, -0.2) is 4.68 Å². The van der Waals surface area contributed by atoms with Gasteiger partial charge in [-0.3, -0.25) is 4.79 Å². The van der Waals surface area contributed by atoms with E-state index < -0.39 is 0 Å². The van der Waals surface area contributed by atoms with Gasteiger partial charge in [0.2, 0.25) is 0 Å². The number of carbonyl (C=O) groups is 1. The molecular weight excluding hydrogens is 364 g/mol. The van der Waals surface area contributed by atoms with E-state index in [1.807, 2.05) is 59.4 Å². The number of hydrogen-bond acceptors (Lipinski definition) is 5. The molecule has 0 spiro atoms. The van der Waals surface area contributed by atoms with Crippen molar-refractivity contribution in [3.63, 3.8) is 0 Å². The van der Waals surface area contributed by atoms with Crippen LogP contribution in [0.2, 0.25) is 0 Å². The number of amides is 1. The number of nitrogens with zero attached hydrogens (tertiary/aromatic N) is 4. The molecule has 0 saturated heterocycles. The van der Waals surface area contributed by atoms with Gasteiger partial charge in [0, 0.05) is 24.6 Å². The minimum atomic E-state index is -0.285. The first-order valence-corrected chi connectivity index (χ1v) is 9.31. The van der Waals surface area contributed by atoms with Crippen molar-refractivity contribution in [2.24, 2.45) is 0 Å². The van der Waals surface area contributed by atoms with Crippen LogP contribution < -0.4 is 10.6 Å². The SMILES string of the molecule is O=C(Nc1ccccc1)c1ccc(NCCc2ccc(-n3cccn3)cc2)nn1. The molecule has 29 heavy (non-hydrogen) atoms. The number of hydrogen-bond donors (Lipinski definition) is 2. The van der Waals surface area contributed by atoms with E-state index in [0.29, 0.717) is 12.4 Å². The molecular formula is C22H20N6O. The molecule has 2 heterocycles. The van der Waals surface area contributed by atoms with Gasteiger partial charge < -0.3 is 10.6 Å². The summed E-state index contributed by atoms with van der Waals surface area (Å²) in [6, 6.07) is 22.8. The van der Waals surface area contributed by atoms with Crippen LogP contribution in [0.4, 0.5) is 11.5 Å². The topological polar surface area (TPSA) is 84.7 Å². The third-order valence-corrected chi connectivity index (χ3v) is 4.35. The normalized spacial score (nSPS) is 10.5. The summed E-state index contributed by atoms with van der Waals surface area (Å²) in [5.74, 6) is 0.349. The molecule has 0 fully saturated rings. The predicted molar refractivity (Wildman–Crippen MR) is 112 cm³/mol. The zero-order valence-corrected chi connectivity index (χ0v) is 15.7. The number of aromatic nitrogens is 4. The molecule has 0 bridgehead atoms. The second-order valence-corrected chi connectivity index (χ2v) is 6.42. The minimum Gasteiger partial charge on any atom is -0.368 e. The average Bonchev–Trinajstić information content (AvgIpc) is 3.30. The highest BCUT2D eigenvalue weighted by molar-refractivity contribution is 6.02. The number of carbonyl (C=O) groups excluding carboxylic acids is 1. The third-order valence-electron chi connectivity index (χ3n) is 4.35. The monoisotopic (exact) mass is 384 g/mol. The smallest absolute Gasteiger partial charge is 0.276 e. The van der Waals surface area contributed by atoms with Crippen molar-refractivity contribution in [2.45, 2.75) is 6.42 Å². The van der Waals surface area contributed by atoms with Crippen LogP contribution >= 0.6 is 0 Å². The Morgan fingerprint density at radius 2 is 1.72 bits per heavy atom. The van der Waals surface area contributed by atoms with Gasteiger partial charge in [-0.15, -0.1) is 10.2 Å². The number of benzene rings is 2. The van der Waals surface area contributed by atoms with E-state index in [4.69, 9.17) is 0 Å². The molecule has 7 heteroatoms. The molecule has 0 radical (unpaired) electrons. The van der Waals surface area contributed by atoms with Gasteiger partial charge in [-0.2, -0.15) is 5.10 Å². The fourth-order valence-electron chi connectivity index (χ4n) is 2.84. The Hall–Kier alpha value is -4.00. The van der Waals surface area contributed by atoms with Crippen molar-refractivity contribution in [3.8, 4) is 5.69 Å². The van der Waals surface area contributed by atoms with Crippen molar-refractivity contribution >= 4 is 17.4 Å². The molecule has 0 aliphatic rings. The Labute approximate surface area is 168 Å². The number of para-hydroxylation sites is 1. The van der Waals surface area contributed by atoms with Gasteiger partial charge in [0.15, 0.2) is 5.69 Å². The maximum atomic E-state index is 12.2. The van der Waals surface area contributed by atoms with Gasteiger partial charge >= 0.3 is 0 Å². The zero-order valence-electron chi connectivity index (χ0n) is 15.7. The Morgan fingerprint density at radius 3 is 2.41 bits per heavy atom. The van der Waals surface area contributed by atoms with Crippen LogP contribution in [0.25, 0.3) is 5.69 Å². The van der Waals surface area contributed by atoms with E-state index in [1.165, 1.54) is 5.56 Å². The van der Waals surface area contributed by atoms with E-state index in [2.05, 4.69) is 38.1 Å². The lowest BCUT2D eigenvalue weighted by Crippen LogP contribution is -2.15. The predicted octanol–water partition coefficient (Wildman–Crippen LogP) is 3.57. The summed E-state index contributed by atoms with van der Waals surface area (Å²) in [6.45, 7) is 0.714. The van der Waals surface area contributed by atoms with Crippen molar-refractivity contribution in [1.82, 2.24) is 20.0 Å². The fraction of sp³-hybridized carbons (Fsp3) is 0.0909. The van der Waals surface area contributed by atoms with Gasteiger partial charge in [-0.05, 0) is 54.4 Å². The summed E-state index contributed by atoms with van der Waals surface area (Å²) < 4.78 is 1.83. The molecule has 2 aromatic heterocycles. The van der Waals surface area contributed by atoms with E-state index in [0.717, 1.165) is 17.8 Å². The summed E-state index contributed by atoms with van der Waals surface area (Å²) in [4.78, 5) is 12.2. The first-order valence-electron chi connectivity index (χ1n) is 9.31. The van der Waals surface area contributed by atoms with E-state index in [9.17, 15) is 4.79 Å². The molecule has 4 rings (SSSR count). The summed E-state index contributed by atoms with van der Waals surface area (Å²) in [7, 11) is 0. The van der Waals surface area contributed by atoms with Crippen molar-refractivity contribution in [3.05, 3.63) is 96.4 Å². The molecule has 0 aliphatic heterocycles. The molecule has 144 valence electrons. The lowest BCUT2D eigenvalue weighted by Gasteiger charge is -2.07. The van der Waals surface area contributed by atoms with Gasteiger partial charge in [0.05, 0.1) is 5.69 Å². The molecule has 1 amide bonds. The van der Waals surface area contributed by atoms with E-state index >= 15 is 0 Å². The summed E-state index contributed by atoms with van der Waals surface area (Å²) in [5, 5.41) is 18.3. The van der Waals surface area contributed by atoms with Crippen LogP contribution in [0, 0.1) is 0 Å². The number of nitrogens with one attached hydrogen (secondary N) is 2. The third kappa shape index (κ3) is 4.84. The second kappa shape index (κ2) is 8.79. The quantitative estimate of drug-likeness (QED) is 0.509. The first kappa shape index (κ1) is 18.4. The molecule has 7 nitrogen and oxygen atoms in total. The second-order valence-electron chi connectivity index (χ2n) is 6.42. The minimum absolute atomic E-state index is 0.272. The summed E-state index contributed by atoms with van der Waals surface area (Å²) >= 11 is 0. The number of rotatable bonds is 7. The van der Waals surface area contributed by atoms with Crippen molar-refractivity contribution < 1.29 is 4.79 Å². The van der Waals surface area contributed by atoms with Crippen LogP contribution in [0.5, 0.6) is 0 Å². The fourth-order valence-corrected chi connectivity index (χ4v) is 2.84. The van der Waals surface area contributed by atoms with Gasteiger partial charge in [-0.1, -0.05) is 30.3 Å². The largest absolute Gasteiger partial charge is 0.368 e. The summed E-state index contributed by atoms with van der Waals surface area (Å²) in [5.41, 5.74) is 3.23. The highest BCUT2D eigenvalue weighted by atomic mass is 16.1. The van der Waals surface area contributed by atoms with Crippen LogP contribution in [0.1, 0.15) is 16.1 Å². The van der Waals surface area contributed by atoms with Crippen LogP contribution in [0.3, 0.4) is 0 Å². The molecule has 2 N–H and O–H groups in total. The molecule has 0 saturated carbocycles. The van der Waals surface area contributed by atoms with Gasteiger partial charge in [0.25, 0.3) is 5.91 Å². The number of anilines is 2. The van der Waals surface area contributed by atoms with Crippen molar-refractivity contribution in [1.29, 1.82) is 0 Å². The molecule has 2 aromatic carbocycles. The highest BCUT2D eigenvalue weighted by Crippen LogP contribution is 2.11. The average molecular weight is 384 g/mol.